The molecule has 1 aromatic heterocycles. The van der Waals surface area contributed by atoms with Crippen molar-refractivity contribution in [2.45, 2.75) is 38.4 Å². The van der Waals surface area contributed by atoms with E-state index < -0.39 is 0 Å². The summed E-state index contributed by atoms with van der Waals surface area (Å²) >= 11 is 1.44. The molecule has 8 heteroatoms. The minimum atomic E-state index is -0.298. The molecule has 2 fully saturated rings. The number of nitrogens with zero attached hydrogens (tertiary/aromatic N) is 4. The Kier molecular flexibility index (Phi) is 4.90. The van der Waals surface area contributed by atoms with Crippen LogP contribution in [0, 0.1) is 0 Å². The van der Waals surface area contributed by atoms with Gasteiger partial charge in [-0.25, -0.2) is 4.98 Å². The number of aryl methyl sites for hydroxylation is 1. The van der Waals surface area contributed by atoms with Crippen LogP contribution in [0.3, 0.4) is 0 Å². The molecule has 0 saturated carbocycles. The van der Waals surface area contributed by atoms with Crippen molar-refractivity contribution in [3.05, 3.63) is 5.82 Å². The van der Waals surface area contributed by atoms with Crippen LogP contribution in [0.2, 0.25) is 0 Å². The summed E-state index contributed by atoms with van der Waals surface area (Å²) in [7, 11) is 0. The quantitative estimate of drug-likeness (QED) is 0.854. The van der Waals surface area contributed by atoms with E-state index in [-0.39, 0.29) is 18.1 Å². The van der Waals surface area contributed by atoms with Crippen LogP contribution in [0.5, 0.6) is 0 Å². The van der Waals surface area contributed by atoms with Crippen molar-refractivity contribution in [2.75, 3.05) is 37.6 Å². The molecule has 0 unspecified atom stereocenters. The van der Waals surface area contributed by atoms with E-state index in [2.05, 4.69) is 21.2 Å². The summed E-state index contributed by atoms with van der Waals surface area (Å²) in [5, 5.41) is 0.962. The van der Waals surface area contributed by atoms with Crippen LogP contribution in [-0.2, 0) is 16.0 Å². The third kappa shape index (κ3) is 3.23. The smallest absolute Gasteiger partial charge is 0.251 e. The molecule has 0 spiro atoms. The third-order valence-electron chi connectivity index (χ3n) is 4.28. The minimum Gasteiger partial charge on any atom is -0.364 e. The fraction of sp³-hybridized carbons (Fsp3) is 0.786. The summed E-state index contributed by atoms with van der Waals surface area (Å²) in [6, 6.07) is 0. The highest BCUT2D eigenvalue weighted by Gasteiger charge is 2.34. The topological polar surface area (TPSA) is 84.6 Å². The molecule has 2 atom stereocenters. The molecule has 2 aliphatic rings. The van der Waals surface area contributed by atoms with E-state index in [1.54, 1.807) is 0 Å². The predicted octanol–water partition coefficient (Wildman–Crippen LogP) is 0.255. The Morgan fingerprint density at radius 1 is 1.36 bits per heavy atom. The Bertz CT molecular complexity index is 515. The van der Waals surface area contributed by atoms with Crippen molar-refractivity contribution in [3.8, 4) is 0 Å². The van der Waals surface area contributed by atoms with Crippen molar-refractivity contribution in [2.24, 2.45) is 5.73 Å². The van der Waals surface area contributed by atoms with Crippen molar-refractivity contribution in [1.29, 1.82) is 0 Å². The highest BCUT2D eigenvalue weighted by Crippen LogP contribution is 2.23. The van der Waals surface area contributed by atoms with Crippen LogP contribution in [0.4, 0.5) is 5.13 Å². The Balaban J connectivity index is 1.52. The van der Waals surface area contributed by atoms with Gasteiger partial charge in [-0.3, -0.25) is 4.79 Å². The van der Waals surface area contributed by atoms with Gasteiger partial charge >= 0.3 is 0 Å². The molecular weight excluding hydrogens is 302 g/mol. The van der Waals surface area contributed by atoms with E-state index in [0.29, 0.717) is 19.6 Å². The van der Waals surface area contributed by atoms with E-state index in [0.717, 1.165) is 43.3 Å². The standard InChI is InChI=1S/C14H23N5O2S/c1-2-12-16-14(22-17-12)19-7-5-18(6-8-19)13(20)11-4-3-10(9-15)21-11/h10-11H,2-9,15H2,1H3/t10-,11+/m1/s1. The third-order valence-corrected chi connectivity index (χ3v) is 5.10. The lowest BCUT2D eigenvalue weighted by Gasteiger charge is -2.35. The first-order chi connectivity index (χ1) is 10.7. The molecular formula is C14H23N5O2S. The van der Waals surface area contributed by atoms with Crippen molar-refractivity contribution >= 4 is 22.6 Å². The number of piperazine rings is 1. The molecule has 0 aromatic carbocycles. The van der Waals surface area contributed by atoms with Gasteiger partial charge in [0.15, 0.2) is 0 Å². The number of nitrogens with two attached hydrogens (primary N) is 1. The van der Waals surface area contributed by atoms with Gasteiger partial charge in [0, 0.05) is 50.7 Å². The molecule has 7 nitrogen and oxygen atoms in total. The average Bonchev–Trinajstić information content (AvgIpc) is 3.23. The number of hydrogen-bond donors (Lipinski definition) is 1. The SMILES string of the molecule is CCc1nsc(N2CCN(C(=O)[C@@H]3CC[C@H](CN)O3)CC2)n1. The normalized spacial score (nSPS) is 25.7. The lowest BCUT2D eigenvalue weighted by Crippen LogP contribution is -2.51. The number of ether oxygens (including phenoxy) is 1. The van der Waals surface area contributed by atoms with Crippen LogP contribution in [0.25, 0.3) is 0 Å². The van der Waals surface area contributed by atoms with Crippen LogP contribution in [0.15, 0.2) is 0 Å². The summed E-state index contributed by atoms with van der Waals surface area (Å²) in [5.41, 5.74) is 5.60. The summed E-state index contributed by atoms with van der Waals surface area (Å²) < 4.78 is 10.0. The number of carbonyl (C=O) groups is 1. The summed E-state index contributed by atoms with van der Waals surface area (Å²) in [5.74, 6) is 1.01. The predicted molar refractivity (Wildman–Crippen MR) is 85.0 cm³/mol. The summed E-state index contributed by atoms with van der Waals surface area (Å²) in [6.07, 6.45) is 2.28. The lowest BCUT2D eigenvalue weighted by molar-refractivity contribution is -0.143. The molecule has 1 amide bonds. The van der Waals surface area contributed by atoms with Crippen LogP contribution < -0.4 is 10.6 Å². The largest absolute Gasteiger partial charge is 0.364 e. The fourth-order valence-electron chi connectivity index (χ4n) is 2.90. The maximum Gasteiger partial charge on any atom is 0.251 e. The van der Waals surface area contributed by atoms with Crippen LogP contribution in [-0.4, -0.2) is 65.1 Å². The van der Waals surface area contributed by atoms with Crippen LogP contribution >= 0.6 is 11.5 Å². The molecule has 3 heterocycles. The highest BCUT2D eigenvalue weighted by molar-refractivity contribution is 7.09. The van der Waals surface area contributed by atoms with Gasteiger partial charge in [0.1, 0.15) is 11.9 Å². The molecule has 22 heavy (non-hydrogen) atoms. The molecule has 2 aliphatic heterocycles. The zero-order valence-electron chi connectivity index (χ0n) is 12.9. The highest BCUT2D eigenvalue weighted by atomic mass is 32.1. The molecule has 0 bridgehead atoms. The van der Waals surface area contributed by atoms with E-state index in [1.165, 1.54) is 11.5 Å². The van der Waals surface area contributed by atoms with E-state index in [4.69, 9.17) is 10.5 Å². The number of carbonyl (C=O) groups excluding carboxylic acids is 1. The number of aromatic nitrogens is 2. The second kappa shape index (κ2) is 6.89. The number of amides is 1. The van der Waals surface area contributed by atoms with Gasteiger partial charge in [-0.1, -0.05) is 6.92 Å². The van der Waals surface area contributed by atoms with Crippen molar-refractivity contribution in [3.63, 3.8) is 0 Å². The van der Waals surface area contributed by atoms with Gasteiger partial charge in [-0.05, 0) is 12.8 Å². The number of rotatable bonds is 4. The number of anilines is 1. The van der Waals surface area contributed by atoms with E-state index >= 15 is 0 Å². The molecule has 3 rings (SSSR count). The molecule has 1 aromatic rings. The molecule has 2 N–H and O–H groups in total. The van der Waals surface area contributed by atoms with Crippen LogP contribution in [0.1, 0.15) is 25.6 Å². The van der Waals surface area contributed by atoms with Gasteiger partial charge in [-0.2, -0.15) is 4.37 Å². The summed E-state index contributed by atoms with van der Waals surface area (Å²) in [4.78, 5) is 21.1. The van der Waals surface area contributed by atoms with E-state index in [9.17, 15) is 4.79 Å². The lowest BCUT2D eigenvalue weighted by atomic mass is 10.1. The first-order valence-corrected chi connectivity index (χ1v) is 8.70. The minimum absolute atomic E-state index is 0.0455. The van der Waals surface area contributed by atoms with Gasteiger partial charge in [0.2, 0.25) is 5.13 Å². The molecule has 0 aliphatic carbocycles. The molecule has 0 radical (unpaired) electrons. The Labute approximate surface area is 134 Å². The van der Waals surface area contributed by atoms with E-state index in [1.807, 2.05) is 4.90 Å². The average molecular weight is 325 g/mol. The van der Waals surface area contributed by atoms with Crippen molar-refractivity contribution in [1.82, 2.24) is 14.3 Å². The number of hydrogen-bond acceptors (Lipinski definition) is 7. The first-order valence-electron chi connectivity index (χ1n) is 7.93. The zero-order valence-corrected chi connectivity index (χ0v) is 13.7. The Hall–Kier alpha value is -1.25. The fourth-order valence-corrected chi connectivity index (χ4v) is 3.70. The molecule has 2 saturated heterocycles. The van der Waals surface area contributed by atoms with Gasteiger partial charge in [0.05, 0.1) is 6.10 Å². The van der Waals surface area contributed by atoms with Crippen molar-refractivity contribution < 1.29 is 9.53 Å². The van der Waals surface area contributed by atoms with Gasteiger partial charge in [-0.15, -0.1) is 0 Å². The maximum atomic E-state index is 12.5. The molecule has 122 valence electrons. The van der Waals surface area contributed by atoms with Gasteiger partial charge in [0.25, 0.3) is 5.91 Å². The second-order valence-electron chi connectivity index (χ2n) is 5.72. The monoisotopic (exact) mass is 325 g/mol. The Morgan fingerprint density at radius 3 is 2.73 bits per heavy atom. The Morgan fingerprint density at radius 2 is 2.14 bits per heavy atom. The zero-order chi connectivity index (χ0) is 15.5. The van der Waals surface area contributed by atoms with Gasteiger partial charge < -0.3 is 20.3 Å². The first kappa shape index (κ1) is 15.6. The summed E-state index contributed by atoms with van der Waals surface area (Å²) in [6.45, 7) is 5.58. The second-order valence-corrected chi connectivity index (χ2v) is 6.45. The maximum absolute atomic E-state index is 12.5.